The Balaban J connectivity index is 1.72. The van der Waals surface area contributed by atoms with E-state index in [1.807, 2.05) is 18.2 Å². The molecule has 0 bridgehead atoms. The Labute approximate surface area is 182 Å². The van der Waals surface area contributed by atoms with E-state index in [9.17, 15) is 8.42 Å². The molecule has 158 valence electrons. The van der Waals surface area contributed by atoms with E-state index in [4.69, 9.17) is 16.3 Å². The second-order valence-corrected chi connectivity index (χ2v) is 9.95. The average molecular weight is 445 g/mol. The second kappa shape index (κ2) is 8.10. The fourth-order valence-electron chi connectivity index (χ4n) is 4.14. The zero-order valence-electron chi connectivity index (χ0n) is 17.3. The van der Waals surface area contributed by atoms with Crippen LogP contribution in [-0.2, 0) is 22.9 Å². The van der Waals surface area contributed by atoms with Crippen LogP contribution < -0.4 is 9.46 Å². The van der Waals surface area contributed by atoms with Crippen LogP contribution in [0.15, 0.2) is 53.4 Å². The maximum absolute atomic E-state index is 13.2. The Hall–Kier alpha value is -2.28. The fraction of sp³-hybridized carbons (Fsp3) is 0.304. The molecule has 0 heterocycles. The van der Waals surface area contributed by atoms with Crippen LogP contribution >= 0.6 is 11.6 Å². The molecule has 4 rings (SSSR count). The number of nitrogens with zero attached hydrogens (tertiary/aromatic N) is 1. The lowest BCUT2D eigenvalue weighted by molar-refractivity contribution is 0.265. The number of likely N-dealkylation sites (N-methyl/N-ethyl adjacent to an activating group) is 1. The van der Waals surface area contributed by atoms with E-state index in [1.165, 1.54) is 0 Å². The van der Waals surface area contributed by atoms with Gasteiger partial charge in [-0.05, 0) is 74.6 Å². The SMILES string of the molecule is COc1ccc(NS(=O)(=O)c2ccc3cccc(Cl)c3c2)c2c1CC(N(C)C)CC2. The first-order chi connectivity index (χ1) is 14.3. The van der Waals surface area contributed by atoms with E-state index in [0.717, 1.165) is 41.5 Å². The molecule has 0 fully saturated rings. The molecule has 0 radical (unpaired) electrons. The van der Waals surface area contributed by atoms with Crippen molar-refractivity contribution in [2.45, 2.75) is 30.2 Å². The topological polar surface area (TPSA) is 58.6 Å². The number of rotatable bonds is 5. The van der Waals surface area contributed by atoms with Gasteiger partial charge in [0.2, 0.25) is 0 Å². The molecule has 1 atom stereocenters. The summed E-state index contributed by atoms with van der Waals surface area (Å²) in [6.07, 6.45) is 2.58. The van der Waals surface area contributed by atoms with Gasteiger partial charge in [-0.2, -0.15) is 0 Å². The van der Waals surface area contributed by atoms with Gasteiger partial charge < -0.3 is 9.64 Å². The summed E-state index contributed by atoms with van der Waals surface area (Å²) in [6, 6.07) is 14.6. The summed E-state index contributed by atoms with van der Waals surface area (Å²) in [7, 11) is 2.02. The third-order valence-electron chi connectivity index (χ3n) is 5.86. The van der Waals surface area contributed by atoms with Crippen LogP contribution in [0.4, 0.5) is 5.69 Å². The van der Waals surface area contributed by atoms with Gasteiger partial charge in [-0.1, -0.05) is 29.8 Å². The third-order valence-corrected chi connectivity index (χ3v) is 7.55. The van der Waals surface area contributed by atoms with Gasteiger partial charge in [-0.25, -0.2) is 8.42 Å². The number of ether oxygens (including phenoxy) is 1. The van der Waals surface area contributed by atoms with Gasteiger partial charge in [0.05, 0.1) is 17.7 Å². The van der Waals surface area contributed by atoms with Gasteiger partial charge in [0.15, 0.2) is 0 Å². The molecular formula is C23H25ClN2O3S. The standard InChI is InChI=1S/C23H25ClN2O3S/c1-26(2)16-8-10-18-20(13-16)23(29-3)12-11-22(18)25-30(27,28)17-9-7-15-5-4-6-21(24)19(15)14-17/h4-7,9,11-12,14,16,25H,8,10,13H2,1-3H3. The van der Waals surface area contributed by atoms with Gasteiger partial charge in [0.1, 0.15) is 5.75 Å². The van der Waals surface area contributed by atoms with Crippen LogP contribution in [0.5, 0.6) is 5.75 Å². The maximum atomic E-state index is 13.2. The number of hydrogen-bond acceptors (Lipinski definition) is 4. The van der Waals surface area contributed by atoms with E-state index >= 15 is 0 Å². The van der Waals surface area contributed by atoms with Crippen molar-refractivity contribution in [3.05, 3.63) is 64.7 Å². The summed E-state index contributed by atoms with van der Waals surface area (Å²) in [4.78, 5) is 2.40. The minimum Gasteiger partial charge on any atom is -0.496 e. The van der Waals surface area contributed by atoms with E-state index in [-0.39, 0.29) is 4.90 Å². The van der Waals surface area contributed by atoms with Crippen molar-refractivity contribution in [2.24, 2.45) is 0 Å². The Kier molecular flexibility index (Phi) is 5.66. The van der Waals surface area contributed by atoms with Gasteiger partial charge in [0.25, 0.3) is 10.0 Å². The minimum absolute atomic E-state index is 0.189. The normalized spacial score (nSPS) is 16.5. The van der Waals surface area contributed by atoms with Crippen molar-refractivity contribution in [2.75, 3.05) is 25.9 Å². The average Bonchev–Trinajstić information content (AvgIpc) is 2.73. The minimum atomic E-state index is -3.76. The van der Waals surface area contributed by atoms with Gasteiger partial charge in [0, 0.05) is 22.0 Å². The highest BCUT2D eigenvalue weighted by molar-refractivity contribution is 7.92. The Morgan fingerprint density at radius 3 is 2.63 bits per heavy atom. The molecule has 7 heteroatoms. The molecule has 0 amide bonds. The summed E-state index contributed by atoms with van der Waals surface area (Å²) in [5.41, 5.74) is 2.70. The molecule has 1 unspecified atom stereocenters. The lowest BCUT2D eigenvalue weighted by Gasteiger charge is -2.32. The smallest absolute Gasteiger partial charge is 0.261 e. The Morgan fingerprint density at radius 1 is 1.10 bits per heavy atom. The van der Waals surface area contributed by atoms with Crippen LogP contribution in [0.3, 0.4) is 0 Å². The van der Waals surface area contributed by atoms with Crippen molar-refractivity contribution in [3.8, 4) is 5.75 Å². The van der Waals surface area contributed by atoms with E-state index < -0.39 is 10.0 Å². The number of fused-ring (bicyclic) bond motifs is 2. The molecule has 30 heavy (non-hydrogen) atoms. The molecule has 5 nitrogen and oxygen atoms in total. The molecule has 1 aliphatic carbocycles. The molecule has 0 spiro atoms. The molecule has 0 saturated heterocycles. The second-order valence-electron chi connectivity index (χ2n) is 7.86. The summed E-state index contributed by atoms with van der Waals surface area (Å²) in [5, 5.41) is 2.15. The summed E-state index contributed by atoms with van der Waals surface area (Å²) < 4.78 is 34.7. The zero-order valence-corrected chi connectivity index (χ0v) is 18.8. The molecule has 1 N–H and O–H groups in total. The predicted molar refractivity (Wildman–Crippen MR) is 122 cm³/mol. The Morgan fingerprint density at radius 2 is 1.90 bits per heavy atom. The third kappa shape index (κ3) is 3.87. The predicted octanol–water partition coefficient (Wildman–Crippen LogP) is 4.72. The highest BCUT2D eigenvalue weighted by Gasteiger charge is 2.27. The first-order valence-corrected chi connectivity index (χ1v) is 11.7. The number of methoxy groups -OCH3 is 1. The molecule has 3 aromatic rings. The van der Waals surface area contributed by atoms with Crippen LogP contribution in [-0.4, -0.2) is 40.6 Å². The van der Waals surface area contributed by atoms with E-state index in [0.29, 0.717) is 22.1 Å². The summed E-state index contributed by atoms with van der Waals surface area (Å²) in [5.74, 6) is 0.803. The molecule has 0 aromatic heterocycles. The molecule has 0 saturated carbocycles. The highest BCUT2D eigenvalue weighted by Crippen LogP contribution is 2.37. The van der Waals surface area contributed by atoms with Gasteiger partial charge >= 0.3 is 0 Å². The monoisotopic (exact) mass is 444 g/mol. The van der Waals surface area contributed by atoms with Crippen molar-refractivity contribution in [1.29, 1.82) is 0 Å². The molecular weight excluding hydrogens is 420 g/mol. The van der Waals surface area contributed by atoms with Crippen molar-refractivity contribution >= 4 is 38.1 Å². The van der Waals surface area contributed by atoms with E-state index in [1.54, 1.807) is 37.4 Å². The zero-order chi connectivity index (χ0) is 21.5. The maximum Gasteiger partial charge on any atom is 0.261 e. The molecule has 3 aromatic carbocycles. The van der Waals surface area contributed by atoms with Crippen molar-refractivity contribution in [3.63, 3.8) is 0 Å². The number of sulfonamides is 1. The number of benzene rings is 3. The lowest BCUT2D eigenvalue weighted by Crippen LogP contribution is -2.34. The quantitative estimate of drug-likeness (QED) is 0.618. The Bertz CT molecular complexity index is 1210. The number of halogens is 1. The summed E-state index contributed by atoms with van der Waals surface area (Å²) >= 11 is 6.27. The molecule has 1 aliphatic rings. The number of anilines is 1. The van der Waals surface area contributed by atoms with Crippen LogP contribution in [0.1, 0.15) is 17.5 Å². The largest absolute Gasteiger partial charge is 0.496 e. The molecule has 0 aliphatic heterocycles. The van der Waals surface area contributed by atoms with Crippen LogP contribution in [0.25, 0.3) is 10.8 Å². The van der Waals surface area contributed by atoms with Crippen LogP contribution in [0.2, 0.25) is 5.02 Å². The number of hydrogen-bond donors (Lipinski definition) is 1. The lowest BCUT2D eigenvalue weighted by atomic mass is 9.86. The first-order valence-electron chi connectivity index (χ1n) is 9.86. The van der Waals surface area contributed by atoms with E-state index in [2.05, 4.69) is 23.7 Å². The first kappa shape index (κ1) is 21.0. The van der Waals surface area contributed by atoms with Gasteiger partial charge in [-0.15, -0.1) is 0 Å². The summed E-state index contributed by atoms with van der Waals surface area (Å²) in [6.45, 7) is 0. The highest BCUT2D eigenvalue weighted by atomic mass is 35.5. The van der Waals surface area contributed by atoms with Gasteiger partial charge in [-0.3, -0.25) is 4.72 Å². The fourth-order valence-corrected chi connectivity index (χ4v) is 5.50. The van der Waals surface area contributed by atoms with Crippen LogP contribution in [0, 0.1) is 0 Å². The van der Waals surface area contributed by atoms with Crippen molar-refractivity contribution in [1.82, 2.24) is 4.90 Å². The number of nitrogens with one attached hydrogen (secondary N) is 1. The van der Waals surface area contributed by atoms with Crippen molar-refractivity contribution < 1.29 is 13.2 Å².